The van der Waals surface area contributed by atoms with Gasteiger partial charge in [-0.05, 0) is 43.4 Å². The van der Waals surface area contributed by atoms with Crippen LogP contribution in [0.4, 0.5) is 0 Å². The lowest BCUT2D eigenvalue weighted by Crippen LogP contribution is -2.36. The number of methoxy groups -OCH3 is 2. The Kier molecular flexibility index (Phi) is 4.72. The Morgan fingerprint density at radius 2 is 1.52 bits per heavy atom. The van der Waals surface area contributed by atoms with Crippen molar-refractivity contribution in [2.45, 2.75) is 44.4 Å². The number of nitrogens with one attached hydrogen (secondary N) is 1. The van der Waals surface area contributed by atoms with Crippen LogP contribution in [-0.4, -0.2) is 25.8 Å². The summed E-state index contributed by atoms with van der Waals surface area (Å²) in [5, 5.41) is 3.82. The summed E-state index contributed by atoms with van der Waals surface area (Å²) in [7, 11) is 3.08. The molecule has 1 aliphatic heterocycles. The molecule has 0 saturated heterocycles. The van der Waals surface area contributed by atoms with E-state index in [1.165, 1.54) is 7.11 Å². The second-order valence-corrected chi connectivity index (χ2v) is 7.54. The third-order valence-corrected chi connectivity index (χ3v) is 5.86. The summed E-state index contributed by atoms with van der Waals surface area (Å²) in [6.45, 7) is 0. The summed E-state index contributed by atoms with van der Waals surface area (Å²) < 4.78 is 10.8. The van der Waals surface area contributed by atoms with Crippen molar-refractivity contribution in [1.29, 1.82) is 0 Å². The van der Waals surface area contributed by atoms with Gasteiger partial charge in [0.15, 0.2) is 23.1 Å². The van der Waals surface area contributed by atoms with E-state index in [0.717, 1.165) is 42.6 Å². The molecule has 0 radical (unpaired) electrons. The fourth-order valence-electron chi connectivity index (χ4n) is 4.42. The molecule has 5 nitrogen and oxygen atoms in total. The van der Waals surface area contributed by atoms with Gasteiger partial charge in [-0.2, -0.15) is 0 Å². The van der Waals surface area contributed by atoms with Gasteiger partial charge < -0.3 is 14.8 Å². The van der Waals surface area contributed by atoms with E-state index in [1.807, 2.05) is 6.07 Å². The molecule has 1 heterocycles. The van der Waals surface area contributed by atoms with Crippen LogP contribution < -0.4 is 14.8 Å². The highest BCUT2D eigenvalue weighted by Gasteiger charge is 2.40. The molecular formula is C21H22ClNO4. The summed E-state index contributed by atoms with van der Waals surface area (Å²) in [6.07, 6.45) is 4.33. The molecule has 0 fully saturated rings. The zero-order valence-electron chi connectivity index (χ0n) is 15.5. The van der Waals surface area contributed by atoms with Gasteiger partial charge in [0.05, 0.1) is 19.2 Å². The van der Waals surface area contributed by atoms with E-state index >= 15 is 0 Å². The van der Waals surface area contributed by atoms with Crippen LogP contribution in [0, 0.1) is 0 Å². The second kappa shape index (κ2) is 7.04. The molecular weight excluding hydrogens is 366 g/mol. The van der Waals surface area contributed by atoms with Crippen LogP contribution in [-0.2, 0) is 9.59 Å². The average molecular weight is 388 g/mol. The Labute approximate surface area is 163 Å². The zero-order chi connectivity index (χ0) is 19.1. The predicted octanol–water partition coefficient (Wildman–Crippen LogP) is 4.06. The minimum absolute atomic E-state index is 0.101. The lowest BCUT2D eigenvalue weighted by molar-refractivity contribution is -0.116. The third-order valence-electron chi connectivity index (χ3n) is 5.58. The van der Waals surface area contributed by atoms with Crippen LogP contribution in [0.25, 0.3) is 0 Å². The highest BCUT2D eigenvalue weighted by Crippen LogP contribution is 2.48. The van der Waals surface area contributed by atoms with Crippen LogP contribution in [0.1, 0.15) is 50.0 Å². The lowest BCUT2D eigenvalue weighted by Gasteiger charge is -2.37. The van der Waals surface area contributed by atoms with Crippen LogP contribution in [0.5, 0.6) is 11.5 Å². The van der Waals surface area contributed by atoms with E-state index in [2.05, 4.69) is 5.32 Å². The van der Waals surface area contributed by atoms with Gasteiger partial charge in [0, 0.05) is 41.3 Å². The van der Waals surface area contributed by atoms with Gasteiger partial charge in [-0.3, -0.25) is 9.59 Å². The number of benzene rings is 1. The first-order chi connectivity index (χ1) is 13.0. The topological polar surface area (TPSA) is 64.6 Å². The van der Waals surface area contributed by atoms with Crippen molar-refractivity contribution in [3.63, 3.8) is 0 Å². The average Bonchev–Trinajstić information content (AvgIpc) is 2.66. The van der Waals surface area contributed by atoms with Crippen molar-refractivity contribution < 1.29 is 19.1 Å². The highest BCUT2D eigenvalue weighted by atomic mass is 35.5. The monoisotopic (exact) mass is 387 g/mol. The van der Waals surface area contributed by atoms with E-state index in [1.54, 1.807) is 13.2 Å². The molecule has 3 aliphatic rings. The summed E-state index contributed by atoms with van der Waals surface area (Å²) in [5.41, 5.74) is 4.12. The predicted molar refractivity (Wildman–Crippen MR) is 102 cm³/mol. The van der Waals surface area contributed by atoms with Gasteiger partial charge in [0.25, 0.3) is 0 Å². The number of rotatable bonds is 3. The van der Waals surface area contributed by atoms with Crippen LogP contribution in [0.2, 0.25) is 5.02 Å². The van der Waals surface area contributed by atoms with Crippen LogP contribution in [0.3, 0.4) is 0 Å². The Hall–Kier alpha value is -2.27. The van der Waals surface area contributed by atoms with E-state index < -0.39 is 5.92 Å². The first-order valence-electron chi connectivity index (χ1n) is 9.26. The molecule has 1 aromatic carbocycles. The number of ether oxygens (including phenoxy) is 2. The quantitative estimate of drug-likeness (QED) is 0.847. The molecule has 0 spiro atoms. The van der Waals surface area contributed by atoms with Gasteiger partial charge in [0.2, 0.25) is 0 Å². The van der Waals surface area contributed by atoms with Gasteiger partial charge >= 0.3 is 0 Å². The lowest BCUT2D eigenvalue weighted by atomic mass is 9.71. The SMILES string of the molecule is COc1cc(C2C3=C(CCCC3=O)NC3=C2C(=O)CCC3)cc(Cl)c1OC. The van der Waals surface area contributed by atoms with Crippen LogP contribution in [0.15, 0.2) is 34.7 Å². The molecule has 27 heavy (non-hydrogen) atoms. The number of halogens is 1. The Balaban J connectivity index is 1.93. The van der Waals surface area contributed by atoms with Crippen molar-refractivity contribution in [2.24, 2.45) is 0 Å². The number of Topliss-reactive ketones (excluding diaryl/α,β-unsaturated/α-hetero) is 2. The highest BCUT2D eigenvalue weighted by molar-refractivity contribution is 6.32. The van der Waals surface area contributed by atoms with Crippen molar-refractivity contribution in [2.75, 3.05) is 14.2 Å². The molecule has 1 N–H and O–H groups in total. The van der Waals surface area contributed by atoms with Gasteiger partial charge in [-0.25, -0.2) is 0 Å². The number of hydrogen-bond donors (Lipinski definition) is 1. The molecule has 6 heteroatoms. The molecule has 4 rings (SSSR count). The number of ketones is 2. The van der Waals surface area contributed by atoms with Crippen molar-refractivity contribution >= 4 is 23.2 Å². The maximum absolute atomic E-state index is 12.8. The number of allylic oxidation sites excluding steroid dienone is 4. The number of hydrogen-bond acceptors (Lipinski definition) is 5. The molecule has 0 atom stereocenters. The molecule has 0 bridgehead atoms. The normalized spacial score (nSPS) is 20.3. The zero-order valence-corrected chi connectivity index (χ0v) is 16.2. The molecule has 2 aliphatic carbocycles. The smallest absolute Gasteiger partial charge is 0.179 e. The Bertz CT molecular complexity index is 858. The fourth-order valence-corrected chi connectivity index (χ4v) is 4.72. The number of dihydropyridines is 1. The maximum atomic E-state index is 12.8. The largest absolute Gasteiger partial charge is 0.493 e. The summed E-state index contributed by atoms with van der Waals surface area (Å²) in [5.74, 6) is 0.753. The number of carbonyl (C=O) groups excluding carboxylic acids is 2. The molecule has 1 aromatic rings. The van der Waals surface area contributed by atoms with Crippen molar-refractivity contribution in [3.8, 4) is 11.5 Å². The Morgan fingerprint density at radius 1 is 0.926 bits per heavy atom. The second-order valence-electron chi connectivity index (χ2n) is 7.13. The summed E-state index contributed by atoms with van der Waals surface area (Å²) in [6, 6.07) is 3.62. The van der Waals surface area contributed by atoms with Crippen molar-refractivity contribution in [1.82, 2.24) is 5.32 Å². The number of carbonyl (C=O) groups is 2. The van der Waals surface area contributed by atoms with E-state index in [0.29, 0.717) is 40.5 Å². The minimum Gasteiger partial charge on any atom is -0.493 e. The molecule has 0 aromatic heterocycles. The summed E-state index contributed by atoms with van der Waals surface area (Å²) >= 11 is 6.43. The third kappa shape index (κ3) is 2.94. The first kappa shape index (κ1) is 18.1. The maximum Gasteiger partial charge on any atom is 0.179 e. The van der Waals surface area contributed by atoms with Gasteiger partial charge in [-0.1, -0.05) is 11.6 Å². The molecule has 0 unspecified atom stereocenters. The molecule has 0 saturated carbocycles. The summed E-state index contributed by atoms with van der Waals surface area (Å²) in [4.78, 5) is 25.7. The van der Waals surface area contributed by atoms with E-state index in [9.17, 15) is 9.59 Å². The fraction of sp³-hybridized carbons (Fsp3) is 0.429. The van der Waals surface area contributed by atoms with Gasteiger partial charge in [-0.15, -0.1) is 0 Å². The minimum atomic E-state index is -0.394. The van der Waals surface area contributed by atoms with E-state index in [-0.39, 0.29) is 11.6 Å². The first-order valence-corrected chi connectivity index (χ1v) is 9.63. The van der Waals surface area contributed by atoms with Crippen molar-refractivity contribution in [3.05, 3.63) is 45.3 Å². The van der Waals surface area contributed by atoms with E-state index in [4.69, 9.17) is 21.1 Å². The molecule has 142 valence electrons. The Morgan fingerprint density at radius 3 is 2.04 bits per heavy atom. The molecule has 0 amide bonds. The van der Waals surface area contributed by atoms with Gasteiger partial charge in [0.1, 0.15) is 0 Å². The van der Waals surface area contributed by atoms with Crippen LogP contribution >= 0.6 is 11.6 Å². The standard InChI is InChI=1S/C21H22ClNO4/c1-26-17-10-11(9-12(22)21(17)27-2)18-19-13(5-3-7-15(19)24)23-14-6-4-8-16(25)20(14)18/h9-10,18,23H,3-8H2,1-2H3.